The lowest BCUT2D eigenvalue weighted by atomic mass is 10.1. The molecule has 0 bridgehead atoms. The molecule has 0 spiro atoms. The van der Waals surface area contributed by atoms with Gasteiger partial charge in [-0.3, -0.25) is 0 Å². The summed E-state index contributed by atoms with van der Waals surface area (Å²) in [6.07, 6.45) is -1.30. The average Bonchev–Trinajstić information content (AvgIpc) is 2.61. The minimum absolute atomic E-state index is 0.230. The smallest absolute Gasteiger partial charge is 0.467 e. The number of aromatic nitrogens is 2. The lowest BCUT2D eigenvalue weighted by molar-refractivity contribution is -0.274. The van der Waals surface area contributed by atoms with Crippen molar-refractivity contribution in [2.75, 3.05) is 25.1 Å². The van der Waals surface area contributed by atoms with Crippen molar-refractivity contribution < 1.29 is 22.6 Å². The maximum absolute atomic E-state index is 12.3. The molecule has 134 valence electrons. The van der Waals surface area contributed by atoms with E-state index in [-0.39, 0.29) is 11.8 Å². The van der Waals surface area contributed by atoms with E-state index in [9.17, 15) is 13.2 Å². The number of anilines is 1. The molecule has 8 heteroatoms. The van der Waals surface area contributed by atoms with Crippen molar-refractivity contribution in [1.82, 2.24) is 9.97 Å². The average molecular weight is 353 g/mol. The Morgan fingerprint density at radius 2 is 1.68 bits per heavy atom. The van der Waals surface area contributed by atoms with Gasteiger partial charge in [-0.05, 0) is 43.5 Å². The standard InChI is InChI=1S/C17H18F3N3O2/c1-24-16-21-14(11-15(22-16)23-9-3-2-4-10-23)12-5-7-13(8-6-12)25-17(18,19)20/h5-8,11H,2-4,9-10H2,1H3. The normalized spacial score (nSPS) is 15.1. The van der Waals surface area contributed by atoms with Crippen molar-refractivity contribution in [1.29, 1.82) is 0 Å². The molecule has 0 amide bonds. The predicted octanol–water partition coefficient (Wildman–Crippen LogP) is 4.04. The van der Waals surface area contributed by atoms with E-state index in [0.29, 0.717) is 11.3 Å². The SMILES string of the molecule is COc1nc(-c2ccc(OC(F)(F)F)cc2)cc(N2CCCCC2)n1. The third-order valence-corrected chi connectivity index (χ3v) is 3.94. The molecule has 2 aromatic rings. The summed E-state index contributed by atoms with van der Waals surface area (Å²) in [4.78, 5) is 10.8. The Morgan fingerprint density at radius 3 is 2.28 bits per heavy atom. The van der Waals surface area contributed by atoms with Crippen molar-refractivity contribution >= 4 is 5.82 Å². The Labute approximate surface area is 143 Å². The number of benzene rings is 1. The van der Waals surface area contributed by atoms with Crippen molar-refractivity contribution in [3.05, 3.63) is 30.3 Å². The molecule has 0 unspecified atom stereocenters. The van der Waals surface area contributed by atoms with Crippen LogP contribution < -0.4 is 14.4 Å². The van der Waals surface area contributed by atoms with E-state index >= 15 is 0 Å². The van der Waals surface area contributed by atoms with Gasteiger partial charge in [0.2, 0.25) is 0 Å². The number of piperidine rings is 1. The van der Waals surface area contributed by atoms with Crippen molar-refractivity contribution in [2.24, 2.45) is 0 Å². The second-order valence-electron chi connectivity index (χ2n) is 5.72. The van der Waals surface area contributed by atoms with E-state index in [1.807, 2.05) is 6.07 Å². The summed E-state index contributed by atoms with van der Waals surface area (Å²) in [5, 5.41) is 0. The fraction of sp³-hybridized carbons (Fsp3) is 0.412. The molecule has 1 aliphatic heterocycles. The summed E-state index contributed by atoms with van der Waals surface area (Å²) in [6, 6.07) is 7.64. The first-order valence-electron chi connectivity index (χ1n) is 7.99. The second kappa shape index (κ2) is 7.16. The summed E-state index contributed by atoms with van der Waals surface area (Å²) >= 11 is 0. The number of alkyl halides is 3. The molecule has 0 atom stereocenters. The van der Waals surface area contributed by atoms with Gasteiger partial charge in [-0.25, -0.2) is 0 Å². The summed E-state index contributed by atoms with van der Waals surface area (Å²) in [6.45, 7) is 1.83. The van der Waals surface area contributed by atoms with Crippen molar-refractivity contribution in [3.63, 3.8) is 0 Å². The van der Waals surface area contributed by atoms with Crippen LogP contribution in [-0.4, -0.2) is 36.5 Å². The van der Waals surface area contributed by atoms with E-state index in [1.165, 1.54) is 37.8 Å². The Balaban J connectivity index is 1.88. The first-order valence-corrected chi connectivity index (χ1v) is 7.99. The molecule has 0 saturated carbocycles. The quantitative estimate of drug-likeness (QED) is 0.830. The molecule has 0 radical (unpaired) electrons. The number of methoxy groups -OCH3 is 1. The van der Waals surface area contributed by atoms with Crippen LogP contribution in [0.15, 0.2) is 30.3 Å². The van der Waals surface area contributed by atoms with Crippen LogP contribution in [0.25, 0.3) is 11.3 Å². The molecule has 25 heavy (non-hydrogen) atoms. The van der Waals surface area contributed by atoms with E-state index < -0.39 is 6.36 Å². The van der Waals surface area contributed by atoms with Gasteiger partial charge in [-0.15, -0.1) is 13.2 Å². The topological polar surface area (TPSA) is 47.5 Å². The molecule has 3 rings (SSSR count). The van der Waals surface area contributed by atoms with E-state index in [0.717, 1.165) is 31.7 Å². The first-order chi connectivity index (χ1) is 11.9. The van der Waals surface area contributed by atoms with Crippen molar-refractivity contribution in [2.45, 2.75) is 25.6 Å². The van der Waals surface area contributed by atoms with Gasteiger partial charge in [0.25, 0.3) is 0 Å². The number of rotatable bonds is 4. The molecular weight excluding hydrogens is 335 g/mol. The third-order valence-electron chi connectivity index (χ3n) is 3.94. The fourth-order valence-electron chi connectivity index (χ4n) is 2.76. The molecule has 1 aromatic carbocycles. The van der Waals surface area contributed by atoms with Crippen LogP contribution in [0.3, 0.4) is 0 Å². The lowest BCUT2D eigenvalue weighted by Crippen LogP contribution is -2.30. The Bertz CT molecular complexity index is 714. The Kier molecular flexibility index (Phi) is 4.96. The summed E-state index contributed by atoms with van der Waals surface area (Å²) in [5.74, 6) is 0.491. The molecule has 1 saturated heterocycles. The summed E-state index contributed by atoms with van der Waals surface area (Å²) in [5.41, 5.74) is 1.25. The number of hydrogen-bond donors (Lipinski definition) is 0. The number of hydrogen-bond acceptors (Lipinski definition) is 5. The van der Waals surface area contributed by atoms with E-state index in [2.05, 4.69) is 19.6 Å². The molecule has 1 fully saturated rings. The molecule has 5 nitrogen and oxygen atoms in total. The van der Waals surface area contributed by atoms with Gasteiger partial charge < -0.3 is 14.4 Å². The molecular formula is C17H18F3N3O2. The fourth-order valence-corrected chi connectivity index (χ4v) is 2.76. The maximum atomic E-state index is 12.3. The minimum Gasteiger partial charge on any atom is -0.467 e. The monoisotopic (exact) mass is 353 g/mol. The largest absolute Gasteiger partial charge is 0.573 e. The Hall–Kier alpha value is -2.51. The molecule has 0 aliphatic carbocycles. The molecule has 2 heterocycles. The zero-order valence-electron chi connectivity index (χ0n) is 13.7. The number of halogens is 3. The van der Waals surface area contributed by atoms with Crippen molar-refractivity contribution in [3.8, 4) is 23.0 Å². The van der Waals surface area contributed by atoms with Gasteiger partial charge >= 0.3 is 12.4 Å². The minimum atomic E-state index is -4.71. The van der Waals surface area contributed by atoms with Crippen LogP contribution in [0.2, 0.25) is 0 Å². The van der Waals surface area contributed by atoms with Crippen LogP contribution in [0.5, 0.6) is 11.8 Å². The highest BCUT2D eigenvalue weighted by atomic mass is 19.4. The Morgan fingerprint density at radius 1 is 1.00 bits per heavy atom. The maximum Gasteiger partial charge on any atom is 0.573 e. The predicted molar refractivity (Wildman–Crippen MR) is 86.8 cm³/mol. The van der Waals surface area contributed by atoms with Gasteiger partial charge in [-0.1, -0.05) is 0 Å². The molecule has 0 N–H and O–H groups in total. The van der Waals surface area contributed by atoms with Gasteiger partial charge in [-0.2, -0.15) is 9.97 Å². The summed E-state index contributed by atoms with van der Waals surface area (Å²) in [7, 11) is 1.49. The molecule has 1 aromatic heterocycles. The van der Waals surface area contributed by atoms with E-state index in [1.54, 1.807) is 0 Å². The van der Waals surface area contributed by atoms with Crippen LogP contribution >= 0.6 is 0 Å². The molecule has 1 aliphatic rings. The van der Waals surface area contributed by atoms with E-state index in [4.69, 9.17) is 4.74 Å². The third kappa shape index (κ3) is 4.52. The second-order valence-corrected chi connectivity index (χ2v) is 5.72. The van der Waals surface area contributed by atoms with Gasteiger partial charge in [0, 0.05) is 24.7 Å². The van der Waals surface area contributed by atoms with Crippen LogP contribution in [0.1, 0.15) is 19.3 Å². The van der Waals surface area contributed by atoms with Gasteiger partial charge in [0.15, 0.2) is 0 Å². The lowest BCUT2D eigenvalue weighted by Gasteiger charge is -2.28. The van der Waals surface area contributed by atoms with Crippen LogP contribution in [0, 0.1) is 0 Å². The highest BCUT2D eigenvalue weighted by Crippen LogP contribution is 2.29. The summed E-state index contributed by atoms with van der Waals surface area (Å²) < 4.78 is 45.8. The first kappa shape index (κ1) is 17.3. The highest BCUT2D eigenvalue weighted by Gasteiger charge is 2.31. The van der Waals surface area contributed by atoms with Gasteiger partial charge in [0.1, 0.15) is 11.6 Å². The zero-order chi connectivity index (χ0) is 17.9. The van der Waals surface area contributed by atoms with Gasteiger partial charge in [0.05, 0.1) is 12.8 Å². The van der Waals surface area contributed by atoms with Crippen LogP contribution in [0.4, 0.5) is 19.0 Å². The highest BCUT2D eigenvalue weighted by molar-refractivity contribution is 5.64. The zero-order valence-corrected chi connectivity index (χ0v) is 13.7. The van der Waals surface area contributed by atoms with Crippen LogP contribution in [-0.2, 0) is 0 Å². The number of ether oxygens (including phenoxy) is 2. The number of nitrogens with zero attached hydrogens (tertiary/aromatic N) is 3.